The van der Waals surface area contributed by atoms with Crippen molar-refractivity contribution < 1.29 is 0 Å². The molecule has 1 fully saturated rings. The second-order valence-electron chi connectivity index (χ2n) is 6.39. The maximum absolute atomic E-state index is 2.72. The summed E-state index contributed by atoms with van der Waals surface area (Å²) in [5, 5.41) is 1.41. The summed E-state index contributed by atoms with van der Waals surface area (Å²) in [6.45, 7) is 3.70. The molecule has 3 heteroatoms. The Kier molecular flexibility index (Phi) is 4.94. The molecular formula is C18H26N2S. The van der Waals surface area contributed by atoms with Crippen LogP contribution in [-0.2, 0) is 0 Å². The topological polar surface area (TPSA) is 6.48 Å². The van der Waals surface area contributed by atoms with E-state index in [1.807, 2.05) is 11.3 Å². The van der Waals surface area contributed by atoms with Crippen LogP contribution in [0, 0.1) is 0 Å². The third kappa shape index (κ3) is 3.65. The van der Waals surface area contributed by atoms with Crippen molar-refractivity contribution in [3.05, 3.63) is 35.2 Å². The van der Waals surface area contributed by atoms with E-state index in [-0.39, 0.29) is 0 Å². The second kappa shape index (κ2) is 6.91. The lowest BCUT2D eigenvalue weighted by molar-refractivity contribution is 0.150. The van der Waals surface area contributed by atoms with Gasteiger partial charge in [-0.3, -0.25) is 4.90 Å². The molecule has 0 saturated carbocycles. The van der Waals surface area contributed by atoms with Gasteiger partial charge in [-0.1, -0.05) is 24.6 Å². The number of rotatable bonds is 5. The largest absolute Gasteiger partial charge is 0.309 e. The van der Waals surface area contributed by atoms with E-state index in [1.165, 1.54) is 48.9 Å². The van der Waals surface area contributed by atoms with E-state index in [0.29, 0.717) is 6.04 Å². The molecule has 2 aromatic rings. The summed E-state index contributed by atoms with van der Waals surface area (Å²) < 4.78 is 1.43. The third-order valence-electron chi connectivity index (χ3n) is 4.45. The first-order valence-electron chi connectivity index (χ1n) is 8.11. The Morgan fingerprint density at radius 3 is 2.62 bits per heavy atom. The first kappa shape index (κ1) is 15.0. The van der Waals surface area contributed by atoms with E-state index in [4.69, 9.17) is 0 Å². The van der Waals surface area contributed by atoms with E-state index >= 15 is 0 Å². The van der Waals surface area contributed by atoms with Gasteiger partial charge in [-0.15, -0.1) is 11.3 Å². The Bertz CT molecular complexity index is 536. The lowest BCUT2D eigenvalue weighted by Crippen LogP contribution is -2.35. The standard InChI is InChI=1S/C18H26N2S/c1-19(2)13-10-16(20-11-6-3-7-12-20)18-14-15-8-4-5-9-17(15)21-18/h4-5,8-9,14,16H,3,6-7,10-13H2,1-2H3. The number of thiophene rings is 1. The van der Waals surface area contributed by atoms with Crippen LogP contribution >= 0.6 is 11.3 Å². The summed E-state index contributed by atoms with van der Waals surface area (Å²) in [7, 11) is 4.36. The average Bonchev–Trinajstić information content (AvgIpc) is 2.92. The zero-order valence-electron chi connectivity index (χ0n) is 13.2. The molecule has 0 amide bonds. The quantitative estimate of drug-likeness (QED) is 0.808. The van der Waals surface area contributed by atoms with Crippen molar-refractivity contribution in [2.75, 3.05) is 33.7 Å². The van der Waals surface area contributed by atoms with Crippen molar-refractivity contribution in [3.63, 3.8) is 0 Å². The van der Waals surface area contributed by atoms with Gasteiger partial charge in [-0.05, 0) is 70.5 Å². The first-order chi connectivity index (χ1) is 10.2. The Morgan fingerprint density at radius 1 is 1.14 bits per heavy atom. The van der Waals surface area contributed by atoms with Crippen LogP contribution in [0.15, 0.2) is 30.3 Å². The Morgan fingerprint density at radius 2 is 1.90 bits per heavy atom. The maximum Gasteiger partial charge on any atom is 0.0454 e. The minimum atomic E-state index is 0.602. The normalized spacial score (nSPS) is 18.4. The van der Waals surface area contributed by atoms with E-state index in [9.17, 15) is 0 Å². The smallest absolute Gasteiger partial charge is 0.0454 e. The van der Waals surface area contributed by atoms with Crippen LogP contribution in [0.2, 0.25) is 0 Å². The fourth-order valence-electron chi connectivity index (χ4n) is 3.28. The van der Waals surface area contributed by atoms with E-state index in [2.05, 4.69) is 54.2 Å². The molecule has 1 unspecified atom stereocenters. The molecule has 0 bridgehead atoms. The summed E-state index contributed by atoms with van der Waals surface area (Å²) in [6.07, 6.45) is 5.37. The number of benzene rings is 1. The van der Waals surface area contributed by atoms with Gasteiger partial charge in [-0.2, -0.15) is 0 Å². The van der Waals surface area contributed by atoms with E-state index < -0.39 is 0 Å². The molecule has 3 rings (SSSR count). The molecule has 2 heterocycles. The molecule has 1 aliphatic heterocycles. The van der Waals surface area contributed by atoms with Gasteiger partial charge in [0.25, 0.3) is 0 Å². The first-order valence-corrected chi connectivity index (χ1v) is 8.93. The lowest BCUT2D eigenvalue weighted by atomic mass is 10.0. The SMILES string of the molecule is CN(C)CCC(c1cc2ccccc2s1)N1CCCCC1. The minimum Gasteiger partial charge on any atom is -0.309 e. The molecule has 0 spiro atoms. The van der Waals surface area contributed by atoms with Gasteiger partial charge in [-0.25, -0.2) is 0 Å². The van der Waals surface area contributed by atoms with Crippen molar-refractivity contribution in [2.24, 2.45) is 0 Å². The van der Waals surface area contributed by atoms with Crippen molar-refractivity contribution in [1.82, 2.24) is 9.80 Å². The molecule has 0 N–H and O–H groups in total. The highest BCUT2D eigenvalue weighted by atomic mass is 32.1. The van der Waals surface area contributed by atoms with Crippen LogP contribution in [0.25, 0.3) is 10.1 Å². The molecule has 1 aromatic carbocycles. The van der Waals surface area contributed by atoms with Gasteiger partial charge in [0.15, 0.2) is 0 Å². The molecule has 114 valence electrons. The predicted molar refractivity (Wildman–Crippen MR) is 93.2 cm³/mol. The van der Waals surface area contributed by atoms with Crippen molar-refractivity contribution in [2.45, 2.75) is 31.7 Å². The number of fused-ring (bicyclic) bond motifs is 1. The van der Waals surface area contributed by atoms with E-state index in [1.54, 1.807) is 4.88 Å². The fraction of sp³-hybridized carbons (Fsp3) is 0.556. The predicted octanol–water partition coefficient (Wildman–Crippen LogP) is 4.38. The number of nitrogens with zero attached hydrogens (tertiary/aromatic N) is 2. The number of piperidine rings is 1. The van der Waals surface area contributed by atoms with Crippen LogP contribution in [0.5, 0.6) is 0 Å². The number of hydrogen-bond donors (Lipinski definition) is 0. The Hall–Kier alpha value is -0.900. The summed E-state index contributed by atoms with van der Waals surface area (Å²) in [5.74, 6) is 0. The van der Waals surface area contributed by atoms with Gasteiger partial charge in [0.2, 0.25) is 0 Å². The third-order valence-corrected chi connectivity index (χ3v) is 5.67. The molecule has 2 nitrogen and oxygen atoms in total. The van der Waals surface area contributed by atoms with Crippen molar-refractivity contribution in [3.8, 4) is 0 Å². The average molecular weight is 302 g/mol. The van der Waals surface area contributed by atoms with Crippen molar-refractivity contribution in [1.29, 1.82) is 0 Å². The molecule has 0 aliphatic carbocycles. The zero-order chi connectivity index (χ0) is 14.7. The fourth-order valence-corrected chi connectivity index (χ4v) is 4.52. The summed E-state index contributed by atoms with van der Waals surface area (Å²) in [5.41, 5.74) is 0. The van der Waals surface area contributed by atoms with Gasteiger partial charge in [0, 0.05) is 15.6 Å². The summed E-state index contributed by atoms with van der Waals surface area (Å²) in [6, 6.07) is 11.8. The Balaban J connectivity index is 1.85. The van der Waals surface area contributed by atoms with Gasteiger partial charge in [0.05, 0.1) is 0 Å². The van der Waals surface area contributed by atoms with E-state index in [0.717, 1.165) is 6.54 Å². The van der Waals surface area contributed by atoms with Gasteiger partial charge < -0.3 is 4.90 Å². The number of hydrogen-bond acceptors (Lipinski definition) is 3. The number of likely N-dealkylation sites (tertiary alicyclic amines) is 1. The van der Waals surface area contributed by atoms with Crippen LogP contribution in [0.1, 0.15) is 36.6 Å². The molecule has 1 aromatic heterocycles. The molecular weight excluding hydrogens is 276 g/mol. The monoisotopic (exact) mass is 302 g/mol. The van der Waals surface area contributed by atoms with Crippen molar-refractivity contribution >= 4 is 21.4 Å². The summed E-state index contributed by atoms with van der Waals surface area (Å²) >= 11 is 1.99. The van der Waals surface area contributed by atoms with Crippen LogP contribution in [0.4, 0.5) is 0 Å². The summed E-state index contributed by atoms with van der Waals surface area (Å²) in [4.78, 5) is 6.59. The van der Waals surface area contributed by atoms with Gasteiger partial charge >= 0.3 is 0 Å². The van der Waals surface area contributed by atoms with Crippen LogP contribution < -0.4 is 0 Å². The lowest BCUT2D eigenvalue weighted by Gasteiger charge is -2.34. The molecule has 1 aliphatic rings. The highest BCUT2D eigenvalue weighted by Gasteiger charge is 2.23. The highest BCUT2D eigenvalue weighted by molar-refractivity contribution is 7.19. The molecule has 1 atom stereocenters. The minimum absolute atomic E-state index is 0.602. The highest BCUT2D eigenvalue weighted by Crippen LogP contribution is 2.35. The second-order valence-corrected chi connectivity index (χ2v) is 7.51. The molecule has 1 saturated heterocycles. The van der Waals surface area contributed by atoms with Gasteiger partial charge in [0.1, 0.15) is 0 Å². The zero-order valence-corrected chi connectivity index (χ0v) is 14.0. The molecule has 21 heavy (non-hydrogen) atoms. The van der Waals surface area contributed by atoms with Crippen LogP contribution in [-0.4, -0.2) is 43.5 Å². The van der Waals surface area contributed by atoms with Crippen LogP contribution in [0.3, 0.4) is 0 Å². The Labute approximate surface area is 132 Å². The maximum atomic E-state index is 2.72. The molecule has 0 radical (unpaired) electrons.